The lowest BCUT2D eigenvalue weighted by Gasteiger charge is -2.53. The van der Waals surface area contributed by atoms with Crippen molar-refractivity contribution in [1.82, 2.24) is 24.8 Å². The average Bonchev–Trinajstić information content (AvgIpc) is 2.98. The highest BCUT2D eigenvalue weighted by Gasteiger charge is 2.44. The van der Waals surface area contributed by atoms with Gasteiger partial charge in [0.05, 0.1) is 26.4 Å². The maximum absolute atomic E-state index is 12.7. The summed E-state index contributed by atoms with van der Waals surface area (Å²) in [5.74, 6) is -0.347. The van der Waals surface area contributed by atoms with Gasteiger partial charge in [-0.2, -0.15) is 15.0 Å². The normalized spacial score (nSPS) is 24.0. The van der Waals surface area contributed by atoms with Crippen LogP contribution in [0.5, 0.6) is 0 Å². The molecule has 3 saturated heterocycles. The fourth-order valence-corrected chi connectivity index (χ4v) is 7.45. The predicted molar refractivity (Wildman–Crippen MR) is 178 cm³/mol. The van der Waals surface area contributed by atoms with Gasteiger partial charge in [0, 0.05) is 35.2 Å². The number of aliphatic imine (C=N–C) groups is 2. The van der Waals surface area contributed by atoms with Gasteiger partial charge in [0.25, 0.3) is 11.9 Å². The molecule has 1 aromatic heterocycles. The topological polar surface area (TPSA) is 135 Å². The Morgan fingerprint density at radius 3 is 1.46 bits per heavy atom. The SMILES string of the molecule is CN1C(C)(C)CC(COC(=O)C=Nc2nc(N=CC(=O)OCC3CC(C)(C)N(C)C(C)(C)C3)nc(N3CCOCC3)n2)CC1(C)C. The summed E-state index contributed by atoms with van der Waals surface area (Å²) in [5.41, 5.74) is -0.00888. The molecule has 1 aromatic rings. The quantitative estimate of drug-likeness (QED) is 0.286. The second kappa shape index (κ2) is 14.0. The maximum atomic E-state index is 12.7. The van der Waals surface area contributed by atoms with Crippen LogP contribution in [0, 0.1) is 11.8 Å². The van der Waals surface area contributed by atoms with Crippen molar-refractivity contribution in [3.8, 4) is 0 Å². The monoisotopic (exact) mass is 642 g/mol. The summed E-state index contributed by atoms with van der Waals surface area (Å²) < 4.78 is 16.6. The third-order valence-corrected chi connectivity index (χ3v) is 10.2. The van der Waals surface area contributed by atoms with Gasteiger partial charge in [-0.1, -0.05) is 0 Å². The first-order valence-corrected chi connectivity index (χ1v) is 16.4. The van der Waals surface area contributed by atoms with Gasteiger partial charge >= 0.3 is 11.9 Å². The van der Waals surface area contributed by atoms with E-state index in [9.17, 15) is 9.59 Å². The molecule has 3 aliphatic heterocycles. The lowest BCUT2D eigenvalue weighted by atomic mass is 9.74. The van der Waals surface area contributed by atoms with Crippen molar-refractivity contribution in [3.05, 3.63) is 0 Å². The number of carbonyl (C=O) groups is 2. The fourth-order valence-electron chi connectivity index (χ4n) is 7.45. The van der Waals surface area contributed by atoms with Crippen molar-refractivity contribution in [2.24, 2.45) is 21.8 Å². The van der Waals surface area contributed by atoms with Crippen molar-refractivity contribution in [2.75, 3.05) is 58.5 Å². The van der Waals surface area contributed by atoms with Crippen molar-refractivity contribution >= 4 is 42.2 Å². The van der Waals surface area contributed by atoms with Crippen LogP contribution in [0.1, 0.15) is 81.1 Å². The molecule has 0 radical (unpaired) electrons. The molecule has 3 fully saturated rings. The number of likely N-dealkylation sites (tertiary alicyclic amines) is 2. The van der Waals surface area contributed by atoms with Crippen LogP contribution in [0.3, 0.4) is 0 Å². The number of nitrogens with zero attached hydrogens (tertiary/aromatic N) is 8. The smallest absolute Gasteiger partial charge is 0.349 e. The van der Waals surface area contributed by atoms with Crippen LogP contribution in [0.2, 0.25) is 0 Å². The minimum absolute atomic E-state index is 0.00222. The highest BCUT2D eigenvalue weighted by Crippen LogP contribution is 2.41. The zero-order valence-corrected chi connectivity index (χ0v) is 29.5. The van der Waals surface area contributed by atoms with E-state index in [2.05, 4.69) is 104 Å². The van der Waals surface area contributed by atoms with Crippen LogP contribution in [0.25, 0.3) is 0 Å². The molecule has 0 bridgehead atoms. The van der Waals surface area contributed by atoms with E-state index in [4.69, 9.17) is 14.2 Å². The number of carbonyl (C=O) groups excluding carboxylic acids is 2. The molecule has 13 nitrogen and oxygen atoms in total. The van der Waals surface area contributed by atoms with Gasteiger partial charge in [-0.25, -0.2) is 19.6 Å². The summed E-state index contributed by atoms with van der Waals surface area (Å²) in [5, 5.41) is 0. The molecule has 4 heterocycles. The third-order valence-electron chi connectivity index (χ3n) is 10.2. The first kappa shape index (κ1) is 35.8. The highest BCUT2D eigenvalue weighted by atomic mass is 16.5. The Kier molecular flexibility index (Phi) is 10.9. The van der Waals surface area contributed by atoms with E-state index in [1.54, 1.807) is 0 Å². The summed E-state index contributed by atoms with van der Waals surface area (Å²) in [7, 11) is 4.29. The summed E-state index contributed by atoms with van der Waals surface area (Å²) >= 11 is 0. The molecule has 13 heteroatoms. The van der Waals surface area contributed by atoms with E-state index in [1.807, 2.05) is 4.90 Å². The van der Waals surface area contributed by atoms with E-state index < -0.39 is 11.9 Å². The number of rotatable bonds is 9. The molecular weight excluding hydrogens is 588 g/mol. The molecule has 0 aromatic carbocycles. The number of piperidine rings is 2. The Bertz CT molecular complexity index is 1180. The fraction of sp³-hybridized carbons (Fsp3) is 0.788. The lowest BCUT2D eigenvalue weighted by Crippen LogP contribution is -2.59. The summed E-state index contributed by atoms with van der Waals surface area (Å²) in [6.07, 6.45) is 5.85. The van der Waals surface area contributed by atoms with Crippen LogP contribution in [0.15, 0.2) is 9.98 Å². The molecule has 0 atom stereocenters. The molecule has 0 saturated carbocycles. The Labute approximate surface area is 274 Å². The third kappa shape index (κ3) is 9.07. The van der Waals surface area contributed by atoms with Crippen LogP contribution in [0.4, 0.5) is 17.8 Å². The van der Waals surface area contributed by atoms with Crippen LogP contribution in [-0.4, -0.2) is 125 Å². The van der Waals surface area contributed by atoms with Gasteiger partial charge in [-0.05, 0) is 107 Å². The van der Waals surface area contributed by atoms with Gasteiger partial charge in [0.1, 0.15) is 12.4 Å². The molecule has 256 valence electrons. The predicted octanol–water partition coefficient (Wildman–Crippen LogP) is 4.00. The van der Waals surface area contributed by atoms with Gasteiger partial charge in [0.2, 0.25) is 5.95 Å². The van der Waals surface area contributed by atoms with Crippen LogP contribution < -0.4 is 4.90 Å². The van der Waals surface area contributed by atoms with Gasteiger partial charge < -0.3 is 19.1 Å². The molecule has 0 aliphatic carbocycles. The summed E-state index contributed by atoms with van der Waals surface area (Å²) in [4.78, 5) is 53.5. The second-order valence-electron chi connectivity index (χ2n) is 15.5. The van der Waals surface area contributed by atoms with Crippen molar-refractivity contribution in [1.29, 1.82) is 0 Å². The minimum Gasteiger partial charge on any atom is -0.461 e. The molecule has 0 spiro atoms. The number of hydrogen-bond acceptors (Lipinski definition) is 13. The highest BCUT2D eigenvalue weighted by molar-refractivity contribution is 6.24. The molecule has 46 heavy (non-hydrogen) atoms. The number of aromatic nitrogens is 3. The van der Waals surface area contributed by atoms with E-state index >= 15 is 0 Å². The number of anilines is 1. The first-order valence-electron chi connectivity index (χ1n) is 16.4. The summed E-state index contributed by atoms with van der Waals surface area (Å²) in [6, 6.07) is 0. The Hall–Kier alpha value is -3.03. The van der Waals surface area contributed by atoms with E-state index in [1.165, 1.54) is 0 Å². The number of hydrogen-bond donors (Lipinski definition) is 0. The van der Waals surface area contributed by atoms with Crippen molar-refractivity contribution in [2.45, 2.75) is 103 Å². The van der Waals surface area contributed by atoms with Crippen molar-refractivity contribution < 1.29 is 23.8 Å². The molecule has 3 aliphatic rings. The number of esters is 2. The number of morpholine rings is 1. The van der Waals surface area contributed by atoms with E-state index in [0.717, 1.165) is 38.1 Å². The molecule has 0 amide bonds. The molecule has 4 rings (SSSR count). The largest absolute Gasteiger partial charge is 0.461 e. The molecule has 0 unspecified atom stereocenters. The minimum atomic E-state index is -0.572. The van der Waals surface area contributed by atoms with E-state index in [0.29, 0.717) is 45.5 Å². The first-order chi connectivity index (χ1) is 21.4. The zero-order valence-electron chi connectivity index (χ0n) is 29.5. The van der Waals surface area contributed by atoms with Crippen LogP contribution >= 0.6 is 0 Å². The van der Waals surface area contributed by atoms with Gasteiger partial charge in [-0.3, -0.25) is 9.80 Å². The Balaban J connectivity index is 1.40. The lowest BCUT2D eigenvalue weighted by molar-refractivity contribution is -0.139. The average molecular weight is 643 g/mol. The Morgan fingerprint density at radius 2 is 1.09 bits per heavy atom. The van der Waals surface area contributed by atoms with Gasteiger partial charge in [0.15, 0.2) is 0 Å². The van der Waals surface area contributed by atoms with Gasteiger partial charge in [-0.15, -0.1) is 0 Å². The standard InChI is InChI=1S/C33H54N8O5/c1-30(2)15-23(16-31(3,4)39(30)9)21-45-25(42)19-34-27-36-28(38-29(37-27)41-11-13-44-14-12-41)35-20-26(43)46-22-24-17-32(5,6)40(10)33(7,8)18-24/h19-20,23-24H,11-18,21-22H2,1-10H3. The molecular formula is C33H54N8O5. The summed E-state index contributed by atoms with van der Waals surface area (Å²) in [6.45, 7) is 20.6. The van der Waals surface area contributed by atoms with Crippen LogP contribution in [-0.2, 0) is 23.8 Å². The van der Waals surface area contributed by atoms with Crippen molar-refractivity contribution in [3.63, 3.8) is 0 Å². The maximum Gasteiger partial charge on any atom is 0.349 e. The number of ether oxygens (including phenoxy) is 3. The zero-order chi connectivity index (χ0) is 33.9. The Morgan fingerprint density at radius 1 is 0.717 bits per heavy atom. The van der Waals surface area contributed by atoms with E-state index in [-0.39, 0.29) is 45.9 Å². The molecule has 0 N–H and O–H groups in total. The second-order valence-corrected chi connectivity index (χ2v) is 15.5.